The van der Waals surface area contributed by atoms with Crippen molar-refractivity contribution in [3.05, 3.63) is 0 Å². The lowest BCUT2D eigenvalue weighted by atomic mass is 10.1. The Bertz CT molecular complexity index is 345. The summed E-state index contributed by atoms with van der Waals surface area (Å²) >= 11 is 0. The predicted molar refractivity (Wildman–Crippen MR) is 91.3 cm³/mol. The molecular formula is C18H34NO4-. The van der Waals surface area contributed by atoms with Gasteiger partial charge < -0.3 is 14.6 Å². The molecule has 0 spiro atoms. The fourth-order valence-electron chi connectivity index (χ4n) is 2.05. The standard InChI is InChI=1S/C18H35NO4/c1-15(2)22-16(20)13-11-9-7-6-8-10-12-14-19-17(21)23-18(3,4)5/h15H,6-14H2,1-5H3,(H,19,21)/p-1. The highest BCUT2D eigenvalue weighted by molar-refractivity contribution is 5.69. The SMILES string of the molecule is CC(C)OC(=O)CCCCCCCCCN=C([O-])OC(C)(C)C. The molecule has 0 radical (unpaired) electrons. The molecule has 0 bridgehead atoms. The van der Waals surface area contributed by atoms with Crippen LogP contribution in [-0.4, -0.2) is 30.3 Å². The average molecular weight is 328 g/mol. The van der Waals surface area contributed by atoms with Crippen molar-refractivity contribution >= 4 is 12.1 Å². The van der Waals surface area contributed by atoms with E-state index in [1.54, 1.807) is 0 Å². The van der Waals surface area contributed by atoms with Crippen molar-refractivity contribution in [2.75, 3.05) is 6.54 Å². The van der Waals surface area contributed by atoms with Crippen molar-refractivity contribution in [3.8, 4) is 0 Å². The topological polar surface area (TPSA) is 71.0 Å². The zero-order chi connectivity index (χ0) is 17.7. The summed E-state index contributed by atoms with van der Waals surface area (Å²) in [4.78, 5) is 15.2. The van der Waals surface area contributed by atoms with Gasteiger partial charge in [-0.05, 0) is 26.7 Å². The normalized spacial score (nSPS) is 12.5. The number of ether oxygens (including phenoxy) is 2. The number of nitrogens with zero attached hydrogens (tertiary/aromatic N) is 1. The van der Waals surface area contributed by atoms with Gasteiger partial charge >= 0.3 is 5.97 Å². The van der Waals surface area contributed by atoms with Gasteiger partial charge in [-0.3, -0.25) is 9.79 Å². The average Bonchev–Trinajstić information content (AvgIpc) is 2.38. The molecule has 23 heavy (non-hydrogen) atoms. The number of hydrogen-bond donors (Lipinski definition) is 0. The van der Waals surface area contributed by atoms with E-state index in [0.717, 1.165) is 44.9 Å². The van der Waals surface area contributed by atoms with E-state index in [1.165, 1.54) is 0 Å². The Morgan fingerprint density at radius 3 is 2.04 bits per heavy atom. The van der Waals surface area contributed by atoms with E-state index in [1.807, 2.05) is 34.6 Å². The van der Waals surface area contributed by atoms with Gasteiger partial charge in [-0.1, -0.05) is 52.9 Å². The maximum absolute atomic E-state index is 11.4. The van der Waals surface area contributed by atoms with E-state index < -0.39 is 11.7 Å². The van der Waals surface area contributed by atoms with Crippen LogP contribution in [0.25, 0.3) is 0 Å². The van der Waals surface area contributed by atoms with Crippen LogP contribution in [-0.2, 0) is 14.3 Å². The Morgan fingerprint density at radius 2 is 1.52 bits per heavy atom. The molecule has 0 atom stereocenters. The van der Waals surface area contributed by atoms with Gasteiger partial charge in [-0.15, -0.1) is 0 Å². The van der Waals surface area contributed by atoms with Crippen LogP contribution in [0.1, 0.15) is 86.0 Å². The van der Waals surface area contributed by atoms with Crippen LogP contribution in [0.5, 0.6) is 0 Å². The van der Waals surface area contributed by atoms with Crippen molar-refractivity contribution < 1.29 is 19.4 Å². The molecule has 0 aliphatic carbocycles. The second-order valence-electron chi connectivity index (χ2n) is 7.13. The molecule has 0 aromatic carbocycles. The molecule has 5 nitrogen and oxygen atoms in total. The van der Waals surface area contributed by atoms with Crippen LogP contribution in [0.2, 0.25) is 0 Å². The van der Waals surface area contributed by atoms with E-state index in [4.69, 9.17) is 9.47 Å². The summed E-state index contributed by atoms with van der Waals surface area (Å²) in [6.07, 6.45) is 7.42. The van der Waals surface area contributed by atoms with Crippen LogP contribution in [0.3, 0.4) is 0 Å². The summed E-state index contributed by atoms with van der Waals surface area (Å²) in [6.45, 7) is 9.78. The first kappa shape index (κ1) is 21.7. The summed E-state index contributed by atoms with van der Waals surface area (Å²) < 4.78 is 10.2. The van der Waals surface area contributed by atoms with Gasteiger partial charge in [0, 0.05) is 18.6 Å². The van der Waals surface area contributed by atoms with Gasteiger partial charge in [0.05, 0.1) is 6.10 Å². The Balaban J connectivity index is 3.40. The van der Waals surface area contributed by atoms with Crippen LogP contribution in [0.15, 0.2) is 4.99 Å². The molecule has 0 aromatic heterocycles. The molecule has 0 aliphatic heterocycles. The summed E-state index contributed by atoms with van der Waals surface area (Å²) in [6, 6.07) is 0. The van der Waals surface area contributed by atoms with E-state index in [9.17, 15) is 9.90 Å². The molecule has 0 saturated heterocycles. The van der Waals surface area contributed by atoms with Crippen molar-refractivity contribution in [1.82, 2.24) is 0 Å². The lowest BCUT2D eigenvalue weighted by Gasteiger charge is -2.29. The zero-order valence-corrected chi connectivity index (χ0v) is 15.5. The van der Waals surface area contributed by atoms with Gasteiger partial charge in [-0.25, -0.2) is 0 Å². The summed E-state index contributed by atoms with van der Waals surface area (Å²) in [5, 5.41) is 11.4. The van der Waals surface area contributed by atoms with Gasteiger partial charge in [0.15, 0.2) is 0 Å². The summed E-state index contributed by atoms with van der Waals surface area (Å²) in [5.74, 6) is -0.0937. The Morgan fingerprint density at radius 1 is 1.00 bits per heavy atom. The number of unbranched alkanes of at least 4 members (excludes halogenated alkanes) is 6. The third-order valence-corrected chi connectivity index (χ3v) is 3.04. The Hall–Kier alpha value is -1.26. The van der Waals surface area contributed by atoms with E-state index in [2.05, 4.69) is 4.99 Å². The Kier molecular flexibility index (Phi) is 11.5. The number of carbonyl (C=O) groups is 1. The van der Waals surface area contributed by atoms with Gasteiger partial charge in [0.25, 0.3) is 0 Å². The lowest BCUT2D eigenvalue weighted by molar-refractivity contribution is -0.260. The van der Waals surface area contributed by atoms with Crippen molar-refractivity contribution in [2.45, 2.75) is 97.7 Å². The van der Waals surface area contributed by atoms with Gasteiger partial charge in [0.1, 0.15) is 6.08 Å². The first-order valence-corrected chi connectivity index (χ1v) is 8.80. The molecule has 0 unspecified atom stereocenters. The fraction of sp³-hybridized carbons (Fsp3) is 0.889. The second-order valence-corrected chi connectivity index (χ2v) is 7.13. The minimum atomic E-state index is -0.470. The molecule has 136 valence electrons. The minimum absolute atomic E-state index is 0.0198. The maximum Gasteiger partial charge on any atom is 0.306 e. The number of esters is 1. The molecule has 0 saturated carbocycles. The highest BCUT2D eigenvalue weighted by Gasteiger charge is 2.05. The number of hydrogen-bond acceptors (Lipinski definition) is 5. The Labute approximate surface area is 141 Å². The molecule has 0 fully saturated rings. The fourth-order valence-corrected chi connectivity index (χ4v) is 2.05. The first-order valence-electron chi connectivity index (χ1n) is 8.80. The lowest BCUT2D eigenvalue weighted by Crippen LogP contribution is -2.32. The van der Waals surface area contributed by atoms with Crippen molar-refractivity contribution in [1.29, 1.82) is 0 Å². The molecule has 0 amide bonds. The minimum Gasteiger partial charge on any atom is -0.595 e. The van der Waals surface area contributed by atoms with Gasteiger partial charge in [-0.2, -0.15) is 0 Å². The molecular weight excluding hydrogens is 294 g/mol. The van der Waals surface area contributed by atoms with E-state index >= 15 is 0 Å². The molecule has 0 aromatic rings. The summed E-state index contributed by atoms with van der Waals surface area (Å²) in [7, 11) is 0. The quantitative estimate of drug-likeness (QED) is 0.251. The molecule has 0 heterocycles. The van der Waals surface area contributed by atoms with Crippen LogP contribution < -0.4 is 5.11 Å². The largest absolute Gasteiger partial charge is 0.595 e. The monoisotopic (exact) mass is 328 g/mol. The highest BCUT2D eigenvalue weighted by Crippen LogP contribution is 2.10. The molecule has 0 rings (SSSR count). The first-order chi connectivity index (χ1) is 10.7. The van der Waals surface area contributed by atoms with Crippen molar-refractivity contribution in [3.63, 3.8) is 0 Å². The molecule has 0 N–H and O–H groups in total. The smallest absolute Gasteiger partial charge is 0.306 e. The second kappa shape index (κ2) is 12.2. The van der Waals surface area contributed by atoms with Crippen LogP contribution >= 0.6 is 0 Å². The van der Waals surface area contributed by atoms with Crippen LogP contribution in [0, 0.1) is 0 Å². The molecule has 0 aliphatic rings. The third-order valence-electron chi connectivity index (χ3n) is 3.04. The number of rotatable bonds is 11. The predicted octanol–water partition coefficient (Wildman–Crippen LogP) is 3.59. The maximum atomic E-state index is 11.4. The van der Waals surface area contributed by atoms with E-state index in [0.29, 0.717) is 13.0 Å². The van der Waals surface area contributed by atoms with Crippen molar-refractivity contribution in [2.24, 2.45) is 4.99 Å². The highest BCUT2D eigenvalue weighted by atomic mass is 16.6. The van der Waals surface area contributed by atoms with E-state index in [-0.39, 0.29) is 12.1 Å². The number of carbonyl (C=O) groups excluding carboxylic acids is 1. The molecule has 5 heteroatoms. The number of aliphatic imine (C=N–C) groups is 1. The zero-order valence-electron chi connectivity index (χ0n) is 15.5. The van der Waals surface area contributed by atoms with Gasteiger partial charge in [0.2, 0.25) is 0 Å². The third kappa shape index (κ3) is 16.9. The summed E-state index contributed by atoms with van der Waals surface area (Å²) in [5.41, 5.74) is -0.470. The van der Waals surface area contributed by atoms with Crippen LogP contribution in [0.4, 0.5) is 0 Å².